The van der Waals surface area contributed by atoms with E-state index < -0.39 is 0 Å². The van der Waals surface area contributed by atoms with Gasteiger partial charge in [0.05, 0.1) is 12.7 Å². The lowest BCUT2D eigenvalue weighted by Crippen LogP contribution is -2.30. The molecule has 2 rings (SSSR count). The largest absolute Gasteiger partial charge is 0.376 e. The average Bonchev–Trinajstić information content (AvgIpc) is 2.52. The maximum atomic E-state index is 6.07. The van der Waals surface area contributed by atoms with Gasteiger partial charge in [-0.15, -0.1) is 0 Å². The van der Waals surface area contributed by atoms with Gasteiger partial charge in [0.1, 0.15) is 0 Å². The smallest absolute Gasteiger partial charge is 0.0645 e. The van der Waals surface area contributed by atoms with Crippen molar-refractivity contribution in [2.75, 3.05) is 24.6 Å². The maximum Gasteiger partial charge on any atom is 0.0645 e. The molecule has 0 spiro atoms. The Hall–Kier alpha value is -1.02. The molecule has 20 heavy (non-hydrogen) atoms. The van der Waals surface area contributed by atoms with Gasteiger partial charge in [0.2, 0.25) is 0 Å². The number of hydrogen-bond acceptors (Lipinski definition) is 2. The summed E-state index contributed by atoms with van der Waals surface area (Å²) in [5, 5.41) is 0. The number of benzene rings is 1. The predicted octanol–water partition coefficient (Wildman–Crippen LogP) is 4.64. The van der Waals surface area contributed by atoms with Crippen LogP contribution in [0.3, 0.4) is 0 Å². The molecule has 1 aliphatic rings. The average molecular weight is 275 g/mol. The lowest BCUT2D eigenvalue weighted by atomic mass is 9.98. The fourth-order valence-electron chi connectivity index (χ4n) is 2.92. The fourth-order valence-corrected chi connectivity index (χ4v) is 2.92. The normalized spacial score (nSPS) is 16.2. The molecule has 0 N–H and O–H groups in total. The molecular formula is C18H29NO. The summed E-state index contributed by atoms with van der Waals surface area (Å²) in [6.07, 6.45) is 9.64. The second kappa shape index (κ2) is 9.02. The Kier molecular flexibility index (Phi) is 6.93. The maximum absolute atomic E-state index is 6.07. The SMILES string of the molecule is CCCCN(CCOC1CCCCC1)c1ccccc1. The van der Waals surface area contributed by atoms with Gasteiger partial charge in [-0.1, -0.05) is 50.8 Å². The van der Waals surface area contributed by atoms with Crippen LogP contribution in [0.1, 0.15) is 51.9 Å². The molecule has 1 aromatic rings. The highest BCUT2D eigenvalue weighted by Gasteiger charge is 2.14. The van der Waals surface area contributed by atoms with E-state index in [1.165, 1.54) is 50.6 Å². The van der Waals surface area contributed by atoms with Crippen LogP contribution in [0.5, 0.6) is 0 Å². The van der Waals surface area contributed by atoms with Crippen molar-refractivity contribution in [1.29, 1.82) is 0 Å². The van der Waals surface area contributed by atoms with Crippen molar-refractivity contribution >= 4 is 5.69 Å². The van der Waals surface area contributed by atoms with Crippen molar-refractivity contribution in [3.8, 4) is 0 Å². The second-order valence-electron chi connectivity index (χ2n) is 5.81. The Balaban J connectivity index is 1.78. The van der Waals surface area contributed by atoms with E-state index in [9.17, 15) is 0 Å². The van der Waals surface area contributed by atoms with Gasteiger partial charge in [0, 0.05) is 18.8 Å². The number of rotatable bonds is 8. The van der Waals surface area contributed by atoms with Gasteiger partial charge in [-0.05, 0) is 31.4 Å². The van der Waals surface area contributed by atoms with Gasteiger partial charge >= 0.3 is 0 Å². The summed E-state index contributed by atoms with van der Waals surface area (Å²) >= 11 is 0. The second-order valence-corrected chi connectivity index (χ2v) is 5.81. The highest BCUT2D eigenvalue weighted by atomic mass is 16.5. The predicted molar refractivity (Wildman–Crippen MR) is 86.4 cm³/mol. The molecule has 1 aliphatic carbocycles. The summed E-state index contributed by atoms with van der Waals surface area (Å²) in [5.74, 6) is 0. The molecule has 0 aliphatic heterocycles. The zero-order valence-electron chi connectivity index (χ0n) is 12.9. The van der Waals surface area contributed by atoms with Crippen molar-refractivity contribution in [3.05, 3.63) is 30.3 Å². The van der Waals surface area contributed by atoms with Gasteiger partial charge in [-0.3, -0.25) is 0 Å². The van der Waals surface area contributed by atoms with E-state index in [1.807, 2.05) is 0 Å². The number of para-hydroxylation sites is 1. The van der Waals surface area contributed by atoms with Crippen LogP contribution in [-0.2, 0) is 4.74 Å². The van der Waals surface area contributed by atoms with Crippen LogP contribution >= 0.6 is 0 Å². The third-order valence-corrected chi connectivity index (χ3v) is 4.17. The van der Waals surface area contributed by atoms with E-state index in [0.29, 0.717) is 6.10 Å². The Morgan fingerprint density at radius 3 is 2.50 bits per heavy atom. The number of ether oxygens (including phenoxy) is 1. The van der Waals surface area contributed by atoms with E-state index in [0.717, 1.165) is 19.7 Å². The molecule has 0 radical (unpaired) electrons. The first-order valence-electron chi connectivity index (χ1n) is 8.31. The quantitative estimate of drug-likeness (QED) is 0.685. The van der Waals surface area contributed by atoms with Gasteiger partial charge in [-0.25, -0.2) is 0 Å². The molecule has 0 atom stereocenters. The standard InChI is InChI=1S/C18H29NO/c1-2-3-14-19(17-10-6-4-7-11-17)15-16-20-18-12-8-5-9-13-18/h4,6-7,10-11,18H,2-3,5,8-9,12-16H2,1H3. The minimum absolute atomic E-state index is 0.521. The first-order chi connectivity index (χ1) is 9.90. The molecule has 2 nitrogen and oxygen atoms in total. The van der Waals surface area contributed by atoms with E-state index in [2.05, 4.69) is 42.2 Å². The van der Waals surface area contributed by atoms with Crippen LogP contribution in [-0.4, -0.2) is 25.8 Å². The summed E-state index contributed by atoms with van der Waals surface area (Å²) in [6, 6.07) is 10.7. The molecule has 0 heterocycles. The number of nitrogens with zero attached hydrogens (tertiary/aromatic N) is 1. The fraction of sp³-hybridized carbons (Fsp3) is 0.667. The van der Waals surface area contributed by atoms with Gasteiger partial charge in [0.15, 0.2) is 0 Å². The molecule has 0 saturated heterocycles. The first-order valence-corrected chi connectivity index (χ1v) is 8.31. The Labute approximate surface area is 124 Å². The Morgan fingerprint density at radius 2 is 1.80 bits per heavy atom. The number of unbranched alkanes of at least 4 members (excludes halogenated alkanes) is 1. The molecule has 112 valence electrons. The van der Waals surface area contributed by atoms with Crippen LogP contribution in [0.2, 0.25) is 0 Å². The van der Waals surface area contributed by atoms with Crippen molar-refractivity contribution in [3.63, 3.8) is 0 Å². The summed E-state index contributed by atoms with van der Waals surface area (Å²) in [6.45, 7) is 5.26. The summed E-state index contributed by atoms with van der Waals surface area (Å²) < 4.78 is 6.07. The third-order valence-electron chi connectivity index (χ3n) is 4.17. The summed E-state index contributed by atoms with van der Waals surface area (Å²) in [4.78, 5) is 2.46. The molecule has 1 fully saturated rings. The Bertz CT molecular complexity index is 346. The minimum Gasteiger partial charge on any atom is -0.376 e. The van der Waals surface area contributed by atoms with Crippen LogP contribution in [0.15, 0.2) is 30.3 Å². The number of anilines is 1. The van der Waals surface area contributed by atoms with E-state index >= 15 is 0 Å². The highest BCUT2D eigenvalue weighted by Crippen LogP contribution is 2.20. The lowest BCUT2D eigenvalue weighted by molar-refractivity contribution is 0.0326. The summed E-state index contributed by atoms with van der Waals surface area (Å²) in [7, 11) is 0. The van der Waals surface area contributed by atoms with Gasteiger partial charge < -0.3 is 9.64 Å². The molecular weight excluding hydrogens is 246 g/mol. The molecule has 1 aromatic carbocycles. The molecule has 2 heteroatoms. The zero-order valence-corrected chi connectivity index (χ0v) is 12.9. The van der Waals surface area contributed by atoms with Gasteiger partial charge in [-0.2, -0.15) is 0 Å². The highest BCUT2D eigenvalue weighted by molar-refractivity contribution is 5.45. The number of hydrogen-bond donors (Lipinski definition) is 0. The zero-order chi connectivity index (χ0) is 14.0. The van der Waals surface area contributed by atoms with Crippen LogP contribution in [0.4, 0.5) is 5.69 Å². The van der Waals surface area contributed by atoms with E-state index in [4.69, 9.17) is 4.74 Å². The molecule has 1 saturated carbocycles. The monoisotopic (exact) mass is 275 g/mol. The molecule has 0 bridgehead atoms. The van der Waals surface area contributed by atoms with Crippen LogP contribution in [0.25, 0.3) is 0 Å². The van der Waals surface area contributed by atoms with Crippen molar-refractivity contribution < 1.29 is 4.74 Å². The van der Waals surface area contributed by atoms with E-state index in [1.54, 1.807) is 0 Å². The van der Waals surface area contributed by atoms with Gasteiger partial charge in [0.25, 0.3) is 0 Å². The van der Waals surface area contributed by atoms with Crippen LogP contribution in [0, 0.1) is 0 Å². The topological polar surface area (TPSA) is 12.5 Å². The Morgan fingerprint density at radius 1 is 1.05 bits per heavy atom. The van der Waals surface area contributed by atoms with Crippen molar-refractivity contribution in [2.45, 2.75) is 58.0 Å². The molecule has 0 unspecified atom stereocenters. The summed E-state index contributed by atoms with van der Waals surface area (Å²) in [5.41, 5.74) is 1.33. The first kappa shape index (κ1) is 15.4. The molecule has 0 amide bonds. The minimum atomic E-state index is 0.521. The van der Waals surface area contributed by atoms with Crippen LogP contribution < -0.4 is 4.90 Å². The van der Waals surface area contributed by atoms with E-state index in [-0.39, 0.29) is 0 Å². The molecule has 0 aromatic heterocycles. The third kappa shape index (κ3) is 5.16. The lowest BCUT2D eigenvalue weighted by Gasteiger charge is -2.27. The van der Waals surface area contributed by atoms with Crippen molar-refractivity contribution in [1.82, 2.24) is 0 Å². The van der Waals surface area contributed by atoms with Crippen molar-refractivity contribution in [2.24, 2.45) is 0 Å².